The highest BCUT2D eigenvalue weighted by Crippen LogP contribution is 2.41. The van der Waals surface area contributed by atoms with E-state index in [2.05, 4.69) is 13.2 Å². The predicted molar refractivity (Wildman–Crippen MR) is 172 cm³/mol. The maximum Gasteiger partial charge on any atom is 0.310 e. The fraction of sp³-hybridized carbons (Fsp3) is 0.556. The van der Waals surface area contributed by atoms with Gasteiger partial charge in [-0.3, -0.25) is 9.59 Å². The molecule has 2 N–H and O–H groups in total. The molecule has 0 unspecified atom stereocenters. The molecule has 0 saturated carbocycles. The molecule has 0 aromatic heterocycles. The van der Waals surface area contributed by atoms with Crippen LogP contribution in [-0.4, -0.2) is 35.4 Å². The number of hydrogen-bond acceptors (Lipinski definition) is 6. The van der Waals surface area contributed by atoms with Gasteiger partial charge in [0.25, 0.3) is 0 Å². The van der Waals surface area contributed by atoms with Gasteiger partial charge >= 0.3 is 11.9 Å². The van der Waals surface area contributed by atoms with E-state index in [1.54, 1.807) is 0 Å². The number of carbonyl (C=O) groups excluding carboxylic acids is 2. The minimum Gasteiger partial charge on any atom is -0.507 e. The van der Waals surface area contributed by atoms with E-state index in [4.69, 9.17) is 9.47 Å². The SMILES string of the molecule is C=C.CC(C)(C)c1cc(CC(=O)OCCOC(=O)Cc2cc(C(C)(C)C)c(O)c(C(C)(C)C)c2)cc(C(C)(C)C)c1O. The van der Waals surface area contributed by atoms with Gasteiger partial charge in [0.1, 0.15) is 24.7 Å². The van der Waals surface area contributed by atoms with Gasteiger partial charge in [-0.05, 0) is 55.0 Å². The molecule has 6 heteroatoms. The molecule has 42 heavy (non-hydrogen) atoms. The molecule has 0 saturated heterocycles. The van der Waals surface area contributed by atoms with Crippen LogP contribution in [0.4, 0.5) is 0 Å². The van der Waals surface area contributed by atoms with E-state index in [0.717, 1.165) is 33.4 Å². The minimum absolute atomic E-state index is 0.0447. The molecule has 0 atom stereocenters. The van der Waals surface area contributed by atoms with E-state index in [9.17, 15) is 19.8 Å². The van der Waals surface area contributed by atoms with Crippen LogP contribution in [0.25, 0.3) is 0 Å². The molecule has 2 aromatic rings. The number of carbonyl (C=O) groups is 2. The lowest BCUT2D eigenvalue weighted by molar-refractivity contribution is -0.151. The second-order valence-electron chi connectivity index (χ2n) is 14.9. The third kappa shape index (κ3) is 10.2. The highest BCUT2D eigenvalue weighted by molar-refractivity contribution is 5.74. The summed E-state index contributed by atoms with van der Waals surface area (Å²) in [5.74, 6) is -0.321. The molecule has 0 amide bonds. The number of aromatic hydroxyl groups is 2. The van der Waals surface area contributed by atoms with Crippen LogP contribution >= 0.6 is 0 Å². The van der Waals surface area contributed by atoms with Crippen LogP contribution in [0.15, 0.2) is 37.4 Å². The Hall–Kier alpha value is -3.28. The molecule has 0 spiro atoms. The van der Waals surface area contributed by atoms with Gasteiger partial charge in [-0.1, -0.05) is 107 Å². The Balaban J connectivity index is 0.00000431. The first kappa shape index (κ1) is 36.7. The van der Waals surface area contributed by atoms with Crippen LogP contribution in [0.3, 0.4) is 0 Å². The molecule has 6 nitrogen and oxygen atoms in total. The van der Waals surface area contributed by atoms with Crippen molar-refractivity contribution in [2.75, 3.05) is 13.2 Å². The second kappa shape index (κ2) is 13.8. The average Bonchev–Trinajstić information content (AvgIpc) is 2.82. The molecule has 0 radical (unpaired) electrons. The first-order valence-corrected chi connectivity index (χ1v) is 14.6. The van der Waals surface area contributed by atoms with Gasteiger partial charge in [0.2, 0.25) is 0 Å². The molecule has 234 valence electrons. The highest BCUT2D eigenvalue weighted by Gasteiger charge is 2.28. The normalized spacial score (nSPS) is 12.3. The second-order valence-corrected chi connectivity index (χ2v) is 14.9. The van der Waals surface area contributed by atoms with E-state index >= 15 is 0 Å². The molecular weight excluding hydrogens is 528 g/mol. The summed E-state index contributed by atoms with van der Waals surface area (Å²) in [4.78, 5) is 25.2. The summed E-state index contributed by atoms with van der Waals surface area (Å²) in [6, 6.07) is 7.45. The first-order chi connectivity index (χ1) is 19.0. The fourth-order valence-corrected chi connectivity index (χ4v) is 4.63. The molecule has 2 aromatic carbocycles. The molecule has 2 rings (SSSR count). The summed E-state index contributed by atoms with van der Waals surface area (Å²) in [6.07, 6.45) is 0.109. The predicted octanol–water partition coefficient (Wildman–Crippen LogP) is 7.96. The standard InChI is InChI=1S/C34H50O6.C2H4/c1-31(2,3)23-15-21(16-24(29(23)37)32(4,5)6)19-27(35)39-13-14-40-28(36)20-22-17-25(33(7,8)9)30(38)26(18-22)34(10,11)12;1-2/h15-18,37-38H,13-14,19-20H2,1-12H3;1-2H2. The number of ether oxygens (including phenoxy) is 2. The van der Waals surface area contributed by atoms with Gasteiger partial charge in [0.15, 0.2) is 0 Å². The number of phenolic OH excluding ortho intramolecular Hbond substituents is 2. The maximum absolute atomic E-state index is 12.6. The van der Waals surface area contributed by atoms with Crippen LogP contribution in [0.5, 0.6) is 11.5 Å². The van der Waals surface area contributed by atoms with Crippen LogP contribution in [0, 0.1) is 0 Å². The highest BCUT2D eigenvalue weighted by atomic mass is 16.6. The topological polar surface area (TPSA) is 93.1 Å². The lowest BCUT2D eigenvalue weighted by atomic mass is 9.78. The molecule has 0 fully saturated rings. The Bertz CT molecular complexity index is 1080. The van der Waals surface area contributed by atoms with Crippen LogP contribution in [0.2, 0.25) is 0 Å². The first-order valence-electron chi connectivity index (χ1n) is 14.6. The largest absolute Gasteiger partial charge is 0.507 e. The molecule has 0 aliphatic rings. The van der Waals surface area contributed by atoms with Crippen molar-refractivity contribution < 1.29 is 29.3 Å². The Morgan fingerprint density at radius 3 is 0.952 bits per heavy atom. The lowest BCUT2D eigenvalue weighted by Gasteiger charge is -2.28. The van der Waals surface area contributed by atoms with E-state index in [-0.39, 0.29) is 59.2 Å². The van der Waals surface area contributed by atoms with Gasteiger partial charge < -0.3 is 19.7 Å². The lowest BCUT2D eigenvalue weighted by Crippen LogP contribution is -2.20. The number of esters is 2. The summed E-state index contributed by atoms with van der Waals surface area (Å²) in [5, 5.41) is 21.8. The summed E-state index contributed by atoms with van der Waals surface area (Å²) >= 11 is 0. The number of rotatable bonds is 7. The van der Waals surface area contributed by atoms with Crippen LogP contribution in [-0.2, 0) is 53.6 Å². The van der Waals surface area contributed by atoms with Gasteiger partial charge in [-0.25, -0.2) is 0 Å². The molecular formula is C36H54O6. The summed E-state index contributed by atoms with van der Waals surface area (Å²) < 4.78 is 10.7. The van der Waals surface area contributed by atoms with Gasteiger partial charge in [0.05, 0.1) is 12.8 Å². The Labute approximate surface area is 254 Å². The van der Waals surface area contributed by atoms with E-state index < -0.39 is 11.9 Å². The van der Waals surface area contributed by atoms with Gasteiger partial charge in [-0.15, -0.1) is 13.2 Å². The van der Waals surface area contributed by atoms with Gasteiger partial charge in [-0.2, -0.15) is 0 Å². The van der Waals surface area contributed by atoms with Crippen molar-refractivity contribution in [3.05, 3.63) is 70.8 Å². The minimum atomic E-state index is -0.426. The van der Waals surface area contributed by atoms with Crippen molar-refractivity contribution in [2.45, 2.75) is 118 Å². The summed E-state index contributed by atoms with van der Waals surface area (Å²) in [5.41, 5.74) is 3.51. The van der Waals surface area contributed by atoms with Crippen molar-refractivity contribution in [1.29, 1.82) is 0 Å². The third-order valence-electron chi connectivity index (χ3n) is 6.88. The number of phenols is 2. The van der Waals surface area contributed by atoms with E-state index in [1.165, 1.54) is 0 Å². The van der Waals surface area contributed by atoms with Crippen molar-refractivity contribution in [3.63, 3.8) is 0 Å². The van der Waals surface area contributed by atoms with Crippen LogP contribution in [0.1, 0.15) is 116 Å². The zero-order chi connectivity index (χ0) is 32.8. The van der Waals surface area contributed by atoms with Crippen molar-refractivity contribution >= 4 is 11.9 Å². The number of hydrogen-bond donors (Lipinski definition) is 2. The molecule has 0 aliphatic carbocycles. The Morgan fingerprint density at radius 1 is 0.548 bits per heavy atom. The van der Waals surface area contributed by atoms with Gasteiger partial charge in [0, 0.05) is 0 Å². The zero-order valence-electron chi connectivity index (χ0n) is 28.1. The maximum atomic E-state index is 12.6. The quantitative estimate of drug-likeness (QED) is 0.195. The van der Waals surface area contributed by atoms with Crippen molar-refractivity contribution in [3.8, 4) is 11.5 Å². The molecule has 0 bridgehead atoms. The van der Waals surface area contributed by atoms with E-state index in [1.807, 2.05) is 107 Å². The monoisotopic (exact) mass is 582 g/mol. The van der Waals surface area contributed by atoms with E-state index in [0.29, 0.717) is 0 Å². The Morgan fingerprint density at radius 2 is 0.762 bits per heavy atom. The summed E-state index contributed by atoms with van der Waals surface area (Å²) in [7, 11) is 0. The van der Waals surface area contributed by atoms with Crippen molar-refractivity contribution in [2.24, 2.45) is 0 Å². The van der Waals surface area contributed by atoms with Crippen molar-refractivity contribution in [1.82, 2.24) is 0 Å². The smallest absolute Gasteiger partial charge is 0.310 e. The average molecular weight is 583 g/mol. The molecule has 0 heterocycles. The third-order valence-corrected chi connectivity index (χ3v) is 6.88. The van der Waals surface area contributed by atoms with Crippen LogP contribution < -0.4 is 0 Å². The molecule has 0 aliphatic heterocycles. The Kier molecular flexibility index (Phi) is 12.1. The fourth-order valence-electron chi connectivity index (χ4n) is 4.63. The zero-order valence-corrected chi connectivity index (χ0v) is 28.1. The number of benzene rings is 2. The summed E-state index contributed by atoms with van der Waals surface area (Å²) in [6.45, 7) is 30.2.